The third-order valence-corrected chi connectivity index (χ3v) is 3.40. The summed E-state index contributed by atoms with van der Waals surface area (Å²) in [6.45, 7) is 7.53. The Balaban J connectivity index is 2.07. The average molecular weight is 233 g/mol. The molecule has 2 rings (SSSR count). The van der Waals surface area contributed by atoms with Crippen LogP contribution in [0.15, 0.2) is 30.3 Å². The highest BCUT2D eigenvalue weighted by atomic mass is 16.5. The average Bonchev–Trinajstić information content (AvgIpc) is 2.72. The summed E-state index contributed by atoms with van der Waals surface area (Å²) in [7, 11) is 0. The number of hydrogen-bond donors (Lipinski definition) is 0. The largest absolute Gasteiger partial charge is 0.374 e. The van der Waals surface area contributed by atoms with E-state index in [1.165, 1.54) is 12.1 Å². The number of hydrogen-bond acceptors (Lipinski definition) is 2. The Kier molecular flexibility index (Phi) is 4.06. The fourth-order valence-corrected chi connectivity index (χ4v) is 2.68. The predicted molar refractivity (Wildman–Crippen MR) is 72.5 cm³/mol. The first-order chi connectivity index (χ1) is 8.20. The van der Waals surface area contributed by atoms with E-state index in [0.717, 1.165) is 13.0 Å². The molecule has 2 atom stereocenters. The topological polar surface area (TPSA) is 12.5 Å². The van der Waals surface area contributed by atoms with Gasteiger partial charge in [-0.15, -0.1) is 0 Å². The highest BCUT2D eigenvalue weighted by molar-refractivity contribution is 5.48. The minimum atomic E-state index is 0.327. The molecule has 2 nitrogen and oxygen atoms in total. The van der Waals surface area contributed by atoms with E-state index in [-0.39, 0.29) is 0 Å². The van der Waals surface area contributed by atoms with Crippen molar-refractivity contribution >= 4 is 5.69 Å². The van der Waals surface area contributed by atoms with Crippen LogP contribution in [0.5, 0.6) is 0 Å². The smallest absolute Gasteiger partial charge is 0.0773 e. The number of anilines is 1. The normalized spacial score (nSPS) is 24.6. The van der Waals surface area contributed by atoms with Gasteiger partial charge in [0.25, 0.3) is 0 Å². The van der Waals surface area contributed by atoms with Crippen LogP contribution < -0.4 is 4.90 Å². The van der Waals surface area contributed by atoms with Gasteiger partial charge in [0.2, 0.25) is 0 Å². The second kappa shape index (κ2) is 5.54. The van der Waals surface area contributed by atoms with E-state index in [1.807, 2.05) is 0 Å². The van der Waals surface area contributed by atoms with E-state index >= 15 is 0 Å². The standard InChI is InChI=1S/C15H23NO/c1-4-13-10-15(17-12(2)3)11-16(13)14-8-6-5-7-9-14/h5-9,12-13,15H,4,10-11H2,1-3H3. The number of rotatable bonds is 4. The highest BCUT2D eigenvalue weighted by Gasteiger charge is 2.31. The van der Waals surface area contributed by atoms with Gasteiger partial charge in [-0.1, -0.05) is 25.1 Å². The molecule has 1 saturated heterocycles. The molecule has 94 valence electrons. The van der Waals surface area contributed by atoms with E-state index in [4.69, 9.17) is 4.74 Å². The molecular weight excluding hydrogens is 210 g/mol. The van der Waals surface area contributed by atoms with E-state index in [2.05, 4.69) is 56.0 Å². The Bertz CT molecular complexity index is 336. The minimum Gasteiger partial charge on any atom is -0.374 e. The summed E-state index contributed by atoms with van der Waals surface area (Å²) in [6.07, 6.45) is 3.06. The fourth-order valence-electron chi connectivity index (χ4n) is 2.68. The molecule has 1 fully saturated rings. The van der Waals surface area contributed by atoms with Crippen molar-refractivity contribution in [3.8, 4) is 0 Å². The van der Waals surface area contributed by atoms with Gasteiger partial charge in [-0.05, 0) is 38.8 Å². The molecule has 17 heavy (non-hydrogen) atoms. The van der Waals surface area contributed by atoms with Crippen molar-refractivity contribution in [2.75, 3.05) is 11.4 Å². The van der Waals surface area contributed by atoms with Crippen LogP contribution in [0.3, 0.4) is 0 Å². The SMILES string of the molecule is CCC1CC(OC(C)C)CN1c1ccccc1. The number of nitrogens with zero attached hydrogens (tertiary/aromatic N) is 1. The van der Waals surface area contributed by atoms with Crippen molar-refractivity contribution in [1.29, 1.82) is 0 Å². The molecule has 1 aromatic rings. The second-order valence-corrected chi connectivity index (χ2v) is 5.09. The molecule has 0 saturated carbocycles. The van der Waals surface area contributed by atoms with Crippen molar-refractivity contribution in [1.82, 2.24) is 0 Å². The molecule has 0 bridgehead atoms. The van der Waals surface area contributed by atoms with E-state index in [1.54, 1.807) is 0 Å². The summed E-state index contributed by atoms with van der Waals surface area (Å²) < 4.78 is 5.95. The summed E-state index contributed by atoms with van der Waals surface area (Å²) in [4.78, 5) is 2.49. The predicted octanol–water partition coefficient (Wildman–Crippen LogP) is 3.47. The Morgan fingerprint density at radius 3 is 2.59 bits per heavy atom. The van der Waals surface area contributed by atoms with Crippen LogP contribution >= 0.6 is 0 Å². The van der Waals surface area contributed by atoms with Gasteiger partial charge in [0.05, 0.1) is 12.2 Å². The van der Waals surface area contributed by atoms with Crippen LogP contribution in [-0.2, 0) is 4.74 Å². The third-order valence-electron chi connectivity index (χ3n) is 3.40. The van der Waals surface area contributed by atoms with Crippen molar-refractivity contribution in [2.45, 2.75) is 51.9 Å². The highest BCUT2D eigenvalue weighted by Crippen LogP contribution is 2.29. The maximum Gasteiger partial charge on any atom is 0.0773 e. The molecule has 1 aliphatic heterocycles. The van der Waals surface area contributed by atoms with Crippen LogP contribution in [0.4, 0.5) is 5.69 Å². The molecule has 0 N–H and O–H groups in total. The van der Waals surface area contributed by atoms with Gasteiger partial charge in [0.1, 0.15) is 0 Å². The van der Waals surface area contributed by atoms with Gasteiger partial charge in [-0.3, -0.25) is 0 Å². The van der Waals surface area contributed by atoms with E-state index < -0.39 is 0 Å². The second-order valence-electron chi connectivity index (χ2n) is 5.09. The molecule has 0 spiro atoms. The van der Waals surface area contributed by atoms with E-state index in [9.17, 15) is 0 Å². The van der Waals surface area contributed by atoms with Gasteiger partial charge < -0.3 is 9.64 Å². The van der Waals surface area contributed by atoms with Crippen LogP contribution in [0, 0.1) is 0 Å². The number of benzene rings is 1. The summed E-state index contributed by atoms with van der Waals surface area (Å²) in [5, 5.41) is 0. The van der Waals surface area contributed by atoms with Crippen LogP contribution in [0.25, 0.3) is 0 Å². The zero-order valence-corrected chi connectivity index (χ0v) is 11.1. The molecule has 0 amide bonds. The fraction of sp³-hybridized carbons (Fsp3) is 0.600. The minimum absolute atomic E-state index is 0.327. The lowest BCUT2D eigenvalue weighted by Gasteiger charge is -2.25. The monoisotopic (exact) mass is 233 g/mol. The maximum atomic E-state index is 5.95. The lowest BCUT2D eigenvalue weighted by molar-refractivity contribution is 0.0193. The lowest BCUT2D eigenvalue weighted by Crippen LogP contribution is -2.29. The Hall–Kier alpha value is -1.02. The van der Waals surface area contributed by atoms with Gasteiger partial charge in [-0.2, -0.15) is 0 Å². The maximum absolute atomic E-state index is 5.95. The zero-order chi connectivity index (χ0) is 12.3. The quantitative estimate of drug-likeness (QED) is 0.789. The first kappa shape index (κ1) is 12.4. The molecule has 1 aromatic carbocycles. The van der Waals surface area contributed by atoms with Gasteiger partial charge in [0, 0.05) is 18.3 Å². The molecular formula is C15H23NO. The van der Waals surface area contributed by atoms with Crippen LogP contribution in [0.1, 0.15) is 33.6 Å². The lowest BCUT2D eigenvalue weighted by atomic mass is 10.1. The Labute approximate surface area is 105 Å². The summed E-state index contributed by atoms with van der Waals surface area (Å²) in [5.41, 5.74) is 1.33. The molecule has 0 radical (unpaired) electrons. The summed E-state index contributed by atoms with van der Waals surface area (Å²) in [6, 6.07) is 11.3. The molecule has 2 unspecified atom stereocenters. The van der Waals surface area contributed by atoms with Crippen molar-refractivity contribution in [2.24, 2.45) is 0 Å². The molecule has 1 heterocycles. The van der Waals surface area contributed by atoms with Crippen LogP contribution in [0.2, 0.25) is 0 Å². The third kappa shape index (κ3) is 3.01. The van der Waals surface area contributed by atoms with Crippen molar-refractivity contribution in [3.63, 3.8) is 0 Å². The summed E-state index contributed by atoms with van der Waals surface area (Å²) >= 11 is 0. The van der Waals surface area contributed by atoms with Crippen molar-refractivity contribution < 1.29 is 4.74 Å². The zero-order valence-electron chi connectivity index (χ0n) is 11.1. The molecule has 2 heteroatoms. The molecule has 1 aliphatic rings. The molecule has 0 aromatic heterocycles. The number of ether oxygens (including phenoxy) is 1. The van der Waals surface area contributed by atoms with E-state index in [0.29, 0.717) is 18.2 Å². The first-order valence-corrected chi connectivity index (χ1v) is 6.67. The van der Waals surface area contributed by atoms with Gasteiger partial charge in [0.15, 0.2) is 0 Å². The molecule has 0 aliphatic carbocycles. The van der Waals surface area contributed by atoms with Gasteiger partial charge in [-0.25, -0.2) is 0 Å². The van der Waals surface area contributed by atoms with Crippen molar-refractivity contribution in [3.05, 3.63) is 30.3 Å². The van der Waals surface area contributed by atoms with Gasteiger partial charge >= 0.3 is 0 Å². The Morgan fingerprint density at radius 2 is 2.00 bits per heavy atom. The Morgan fingerprint density at radius 1 is 1.29 bits per heavy atom. The van der Waals surface area contributed by atoms with Crippen LogP contribution in [-0.4, -0.2) is 24.8 Å². The first-order valence-electron chi connectivity index (χ1n) is 6.67. The number of para-hydroxylation sites is 1. The summed E-state index contributed by atoms with van der Waals surface area (Å²) in [5.74, 6) is 0.